The number of halogens is 1. The Labute approximate surface area is 178 Å². The van der Waals surface area contributed by atoms with Gasteiger partial charge in [0.1, 0.15) is 5.82 Å². The maximum atomic E-state index is 14.4. The molecule has 2 aromatic carbocycles. The lowest BCUT2D eigenvalue weighted by Gasteiger charge is -2.17. The smallest absolute Gasteiger partial charge is 0.258 e. The molecule has 0 saturated heterocycles. The van der Waals surface area contributed by atoms with Gasteiger partial charge in [-0.1, -0.05) is 43.4 Å². The zero-order chi connectivity index (χ0) is 21.9. The molecule has 2 N–H and O–H groups in total. The first-order valence-electron chi connectivity index (χ1n) is 10.4. The summed E-state index contributed by atoms with van der Waals surface area (Å²) in [6.45, 7) is 5.69. The Morgan fingerprint density at radius 3 is 2.17 bits per heavy atom. The van der Waals surface area contributed by atoms with Crippen LogP contribution in [0.15, 0.2) is 35.2 Å². The van der Waals surface area contributed by atoms with Gasteiger partial charge in [0.25, 0.3) is 5.91 Å². The molecular weight excluding hydrogens is 403 g/mol. The molecule has 0 unspecified atom stereocenters. The van der Waals surface area contributed by atoms with Crippen molar-refractivity contribution in [1.29, 1.82) is 0 Å². The molecule has 0 spiro atoms. The highest BCUT2D eigenvalue weighted by atomic mass is 32.2. The topological polar surface area (TPSA) is 75.3 Å². The number of anilines is 1. The van der Waals surface area contributed by atoms with Gasteiger partial charge < -0.3 is 5.32 Å². The van der Waals surface area contributed by atoms with Crippen molar-refractivity contribution in [3.63, 3.8) is 0 Å². The van der Waals surface area contributed by atoms with Gasteiger partial charge in [-0.05, 0) is 62.9 Å². The van der Waals surface area contributed by atoms with Gasteiger partial charge in [0.05, 0.1) is 10.5 Å². The first-order chi connectivity index (χ1) is 14.2. The molecule has 0 radical (unpaired) electrons. The van der Waals surface area contributed by atoms with E-state index in [1.807, 2.05) is 32.9 Å². The molecule has 3 rings (SSSR count). The molecule has 0 heterocycles. The van der Waals surface area contributed by atoms with Crippen molar-refractivity contribution >= 4 is 21.6 Å². The van der Waals surface area contributed by atoms with Gasteiger partial charge in [-0.25, -0.2) is 17.5 Å². The standard InChI is InChI=1S/C23H29FN2O3S/c1-15-12-16(2)22(17(3)13-15)25-23(27)20-14-19(10-11-21(20)24)30(28,29)26-18-8-6-4-5-7-9-18/h10-14,18,26H,4-9H2,1-3H3,(H,25,27). The third kappa shape index (κ3) is 5.26. The third-order valence-corrected chi connectivity index (χ3v) is 7.10. The zero-order valence-electron chi connectivity index (χ0n) is 17.7. The molecule has 1 aliphatic rings. The summed E-state index contributed by atoms with van der Waals surface area (Å²) in [7, 11) is -3.84. The van der Waals surface area contributed by atoms with Gasteiger partial charge in [0, 0.05) is 11.7 Å². The highest BCUT2D eigenvalue weighted by Crippen LogP contribution is 2.24. The summed E-state index contributed by atoms with van der Waals surface area (Å²) >= 11 is 0. The molecule has 30 heavy (non-hydrogen) atoms. The van der Waals surface area contributed by atoms with Crippen molar-refractivity contribution < 1.29 is 17.6 Å². The summed E-state index contributed by atoms with van der Waals surface area (Å²) in [4.78, 5) is 12.7. The fourth-order valence-electron chi connectivity index (χ4n) is 4.09. The minimum absolute atomic E-state index is 0.101. The van der Waals surface area contributed by atoms with E-state index in [4.69, 9.17) is 0 Å². The zero-order valence-corrected chi connectivity index (χ0v) is 18.5. The molecule has 7 heteroatoms. The quantitative estimate of drug-likeness (QED) is 0.653. The van der Waals surface area contributed by atoms with E-state index in [1.165, 1.54) is 6.07 Å². The van der Waals surface area contributed by atoms with Crippen molar-refractivity contribution in [1.82, 2.24) is 4.72 Å². The Kier molecular flexibility index (Phi) is 6.93. The SMILES string of the molecule is Cc1cc(C)c(NC(=O)c2cc(S(=O)(=O)NC3CCCCCC3)ccc2F)c(C)c1. The predicted octanol–water partition coefficient (Wildman–Crippen LogP) is 5.00. The predicted molar refractivity (Wildman–Crippen MR) is 117 cm³/mol. The Morgan fingerprint density at radius 1 is 0.967 bits per heavy atom. The molecule has 2 aromatic rings. The lowest BCUT2D eigenvalue weighted by atomic mass is 10.0. The number of aryl methyl sites for hydroxylation is 3. The number of sulfonamides is 1. The summed E-state index contributed by atoms with van der Waals surface area (Å²) in [5.41, 5.74) is 3.10. The molecule has 5 nitrogen and oxygen atoms in total. The van der Waals surface area contributed by atoms with E-state index >= 15 is 0 Å². The number of hydrogen-bond donors (Lipinski definition) is 2. The van der Waals surface area contributed by atoms with Gasteiger partial charge in [0.2, 0.25) is 10.0 Å². The monoisotopic (exact) mass is 432 g/mol. The molecule has 162 valence electrons. The van der Waals surface area contributed by atoms with Crippen LogP contribution in [0.5, 0.6) is 0 Å². The summed E-state index contributed by atoms with van der Waals surface area (Å²) in [5, 5.41) is 2.74. The van der Waals surface area contributed by atoms with E-state index in [0.717, 1.165) is 67.3 Å². The van der Waals surface area contributed by atoms with E-state index in [2.05, 4.69) is 10.0 Å². The van der Waals surface area contributed by atoms with E-state index < -0.39 is 21.7 Å². The van der Waals surface area contributed by atoms with E-state index in [1.54, 1.807) is 0 Å². The normalized spacial score (nSPS) is 15.6. The van der Waals surface area contributed by atoms with E-state index in [0.29, 0.717) is 5.69 Å². The Morgan fingerprint density at radius 2 is 1.57 bits per heavy atom. The van der Waals surface area contributed by atoms with Crippen LogP contribution in [0.4, 0.5) is 10.1 Å². The fraction of sp³-hybridized carbons (Fsp3) is 0.435. The van der Waals surface area contributed by atoms with Crippen LogP contribution < -0.4 is 10.0 Å². The highest BCUT2D eigenvalue weighted by molar-refractivity contribution is 7.89. The van der Waals surface area contributed by atoms with Gasteiger partial charge in [-0.15, -0.1) is 0 Å². The summed E-state index contributed by atoms with van der Waals surface area (Å²) in [5.74, 6) is -1.43. The molecule has 1 fully saturated rings. The molecule has 0 atom stereocenters. The van der Waals surface area contributed by atoms with Crippen LogP contribution in [-0.2, 0) is 10.0 Å². The average Bonchev–Trinajstić information content (AvgIpc) is 2.92. The van der Waals surface area contributed by atoms with Gasteiger partial charge in [-0.2, -0.15) is 0 Å². The lowest BCUT2D eigenvalue weighted by molar-refractivity contribution is 0.102. The molecule has 0 aliphatic heterocycles. The first-order valence-corrected chi connectivity index (χ1v) is 11.9. The Bertz CT molecular complexity index is 1020. The molecule has 0 bridgehead atoms. The van der Waals surface area contributed by atoms with E-state index in [9.17, 15) is 17.6 Å². The lowest BCUT2D eigenvalue weighted by Crippen LogP contribution is -2.34. The number of carbonyl (C=O) groups is 1. The molecule has 1 amide bonds. The number of hydrogen-bond acceptors (Lipinski definition) is 3. The number of amides is 1. The fourth-order valence-corrected chi connectivity index (χ4v) is 5.42. The number of rotatable bonds is 5. The van der Waals surface area contributed by atoms with Crippen molar-refractivity contribution in [2.45, 2.75) is 70.2 Å². The summed E-state index contributed by atoms with van der Waals surface area (Å²) in [6.07, 6.45) is 5.77. The number of benzene rings is 2. The van der Waals surface area contributed by atoms with Crippen molar-refractivity contribution in [2.24, 2.45) is 0 Å². The van der Waals surface area contributed by atoms with E-state index in [-0.39, 0.29) is 16.5 Å². The molecule has 0 aromatic heterocycles. The largest absolute Gasteiger partial charge is 0.321 e. The molecule has 1 aliphatic carbocycles. The number of carbonyl (C=O) groups excluding carboxylic acids is 1. The van der Waals surface area contributed by atoms with Crippen LogP contribution in [0.3, 0.4) is 0 Å². The summed E-state index contributed by atoms with van der Waals surface area (Å²) < 4.78 is 42.8. The molecular formula is C23H29FN2O3S. The second-order valence-corrected chi connectivity index (χ2v) is 9.89. The van der Waals surface area contributed by atoms with Crippen LogP contribution in [0.25, 0.3) is 0 Å². The highest BCUT2D eigenvalue weighted by Gasteiger charge is 2.24. The van der Waals surface area contributed by atoms with Gasteiger partial charge >= 0.3 is 0 Å². The van der Waals surface area contributed by atoms with Crippen LogP contribution >= 0.6 is 0 Å². The maximum absolute atomic E-state index is 14.4. The van der Waals surface area contributed by atoms with Crippen LogP contribution in [0.1, 0.15) is 65.6 Å². The van der Waals surface area contributed by atoms with Crippen LogP contribution in [-0.4, -0.2) is 20.4 Å². The Hall–Kier alpha value is -2.25. The second kappa shape index (κ2) is 9.27. The average molecular weight is 433 g/mol. The summed E-state index contributed by atoms with van der Waals surface area (Å²) in [6, 6.07) is 7.08. The Balaban J connectivity index is 1.85. The maximum Gasteiger partial charge on any atom is 0.258 e. The number of nitrogens with one attached hydrogen (secondary N) is 2. The second-order valence-electron chi connectivity index (χ2n) is 8.18. The van der Waals surface area contributed by atoms with Crippen LogP contribution in [0.2, 0.25) is 0 Å². The minimum atomic E-state index is -3.84. The van der Waals surface area contributed by atoms with Gasteiger partial charge in [-0.3, -0.25) is 4.79 Å². The first kappa shape index (κ1) is 22.4. The van der Waals surface area contributed by atoms with Crippen molar-refractivity contribution in [3.8, 4) is 0 Å². The minimum Gasteiger partial charge on any atom is -0.321 e. The van der Waals surface area contributed by atoms with Crippen molar-refractivity contribution in [3.05, 3.63) is 58.4 Å². The van der Waals surface area contributed by atoms with Crippen molar-refractivity contribution in [2.75, 3.05) is 5.32 Å². The third-order valence-electron chi connectivity index (χ3n) is 5.59. The van der Waals surface area contributed by atoms with Crippen LogP contribution in [0, 0.1) is 26.6 Å². The molecule has 1 saturated carbocycles. The van der Waals surface area contributed by atoms with Gasteiger partial charge in [0.15, 0.2) is 0 Å².